The minimum absolute atomic E-state index is 0.184. The summed E-state index contributed by atoms with van der Waals surface area (Å²) in [6.45, 7) is 1.88. The molecule has 3 N–H and O–H groups in total. The zero-order valence-corrected chi connectivity index (χ0v) is 15.0. The summed E-state index contributed by atoms with van der Waals surface area (Å²) < 4.78 is 28.4. The first-order chi connectivity index (χ1) is 8.76. The zero-order chi connectivity index (χ0) is 14.6. The molecule has 8 heteroatoms. The highest BCUT2D eigenvalue weighted by Crippen LogP contribution is 2.26. The van der Waals surface area contributed by atoms with Crippen molar-refractivity contribution in [2.45, 2.75) is 30.7 Å². The maximum absolute atomic E-state index is 12.3. The molecule has 106 valence electrons. The Hall–Kier alpha value is -0.0200. The molecule has 4 nitrogen and oxygen atoms in total. The van der Waals surface area contributed by atoms with E-state index in [1.54, 1.807) is 18.2 Å². The van der Waals surface area contributed by atoms with E-state index in [1.165, 1.54) is 0 Å². The lowest BCUT2D eigenvalue weighted by Gasteiger charge is -2.17. The van der Waals surface area contributed by atoms with Gasteiger partial charge in [-0.25, -0.2) is 13.1 Å². The van der Waals surface area contributed by atoms with Crippen LogP contribution in [0.1, 0.15) is 19.8 Å². The van der Waals surface area contributed by atoms with Gasteiger partial charge in [-0.1, -0.05) is 35.1 Å². The summed E-state index contributed by atoms with van der Waals surface area (Å²) in [7, 11) is -3.61. The Bertz CT molecular complexity index is 576. The van der Waals surface area contributed by atoms with Crippen LogP contribution in [0.2, 0.25) is 0 Å². The van der Waals surface area contributed by atoms with Gasteiger partial charge in [-0.2, -0.15) is 0 Å². The smallest absolute Gasteiger partial charge is 0.241 e. The maximum atomic E-state index is 12.3. The maximum Gasteiger partial charge on any atom is 0.241 e. The minimum Gasteiger partial charge on any atom is -0.393 e. The molecule has 0 aliphatic rings. The quantitative estimate of drug-likeness (QED) is 0.682. The SMILES string of the molecule is CCC(CC(N)=S)NS(=O)(=O)c1cc(Br)ccc1Br. The highest BCUT2D eigenvalue weighted by molar-refractivity contribution is 9.11. The van der Waals surface area contributed by atoms with E-state index in [2.05, 4.69) is 36.6 Å². The summed E-state index contributed by atoms with van der Waals surface area (Å²) in [6.07, 6.45) is 0.957. The van der Waals surface area contributed by atoms with Crippen LogP contribution in [0.25, 0.3) is 0 Å². The highest BCUT2D eigenvalue weighted by Gasteiger charge is 2.22. The first-order valence-electron chi connectivity index (χ1n) is 5.52. The Balaban J connectivity index is 3.03. The van der Waals surface area contributed by atoms with Crippen LogP contribution >= 0.6 is 44.1 Å². The Morgan fingerprint density at radius 3 is 2.63 bits per heavy atom. The molecule has 0 amide bonds. The summed E-state index contributed by atoms with van der Waals surface area (Å²) >= 11 is 11.3. The van der Waals surface area contributed by atoms with Crippen molar-refractivity contribution in [2.24, 2.45) is 5.73 Å². The van der Waals surface area contributed by atoms with Crippen molar-refractivity contribution < 1.29 is 8.42 Å². The molecule has 0 aliphatic heterocycles. The third kappa shape index (κ3) is 5.11. The molecule has 0 bridgehead atoms. The highest BCUT2D eigenvalue weighted by atomic mass is 79.9. The predicted molar refractivity (Wildman–Crippen MR) is 87.6 cm³/mol. The summed E-state index contributed by atoms with van der Waals surface area (Å²) in [5, 5.41) is 0. The number of hydrogen-bond donors (Lipinski definition) is 2. The summed E-state index contributed by atoms with van der Waals surface area (Å²) in [5.74, 6) is 0. The molecule has 0 aliphatic carbocycles. The molecule has 0 saturated heterocycles. The van der Waals surface area contributed by atoms with Gasteiger partial charge in [0.05, 0.1) is 9.88 Å². The first kappa shape index (κ1) is 17.0. The lowest BCUT2D eigenvalue weighted by Crippen LogP contribution is -2.37. The van der Waals surface area contributed by atoms with Crippen LogP contribution in [0.4, 0.5) is 0 Å². The molecule has 0 aromatic heterocycles. The fourth-order valence-corrected chi connectivity index (χ4v) is 4.50. The molecule has 0 heterocycles. The van der Waals surface area contributed by atoms with Gasteiger partial charge in [0.25, 0.3) is 0 Å². The molecule has 1 rings (SSSR count). The lowest BCUT2D eigenvalue weighted by molar-refractivity contribution is 0.546. The number of rotatable bonds is 6. The number of thiocarbonyl (C=S) groups is 1. The second-order valence-electron chi connectivity index (χ2n) is 3.97. The van der Waals surface area contributed by atoms with E-state index in [9.17, 15) is 8.42 Å². The standard InChI is InChI=1S/C11H14Br2N2O2S2/c1-2-8(6-11(14)18)15-19(16,17)10-5-7(12)3-4-9(10)13/h3-5,8,15H,2,6H2,1H3,(H2,14,18). The van der Waals surface area contributed by atoms with Crippen molar-refractivity contribution in [3.63, 3.8) is 0 Å². The second kappa shape index (κ2) is 7.12. The van der Waals surface area contributed by atoms with Gasteiger partial charge in [-0.05, 0) is 40.5 Å². The fraction of sp³-hybridized carbons (Fsp3) is 0.364. The van der Waals surface area contributed by atoms with E-state index < -0.39 is 10.0 Å². The molecule has 19 heavy (non-hydrogen) atoms. The predicted octanol–water partition coefficient (Wildman–Crippen LogP) is 2.94. The van der Waals surface area contributed by atoms with E-state index in [0.29, 0.717) is 26.8 Å². The van der Waals surface area contributed by atoms with Gasteiger partial charge in [0, 0.05) is 21.4 Å². The monoisotopic (exact) mass is 428 g/mol. The van der Waals surface area contributed by atoms with Crippen LogP contribution in [0.3, 0.4) is 0 Å². The topological polar surface area (TPSA) is 72.2 Å². The Morgan fingerprint density at radius 2 is 2.11 bits per heavy atom. The Kier molecular flexibility index (Phi) is 6.38. The van der Waals surface area contributed by atoms with Crippen molar-refractivity contribution in [3.8, 4) is 0 Å². The molecule has 0 radical (unpaired) electrons. The van der Waals surface area contributed by atoms with Crippen LogP contribution in [0.5, 0.6) is 0 Å². The molecule has 1 aromatic carbocycles. The van der Waals surface area contributed by atoms with Gasteiger partial charge >= 0.3 is 0 Å². The van der Waals surface area contributed by atoms with Crippen LogP contribution in [-0.2, 0) is 10.0 Å². The summed E-state index contributed by atoms with van der Waals surface area (Å²) in [6, 6.07) is 4.68. The molecular weight excluding hydrogens is 416 g/mol. The second-order valence-corrected chi connectivity index (χ2v) is 7.95. The van der Waals surface area contributed by atoms with Crippen LogP contribution in [0.15, 0.2) is 32.0 Å². The van der Waals surface area contributed by atoms with E-state index in [4.69, 9.17) is 18.0 Å². The number of nitrogens with two attached hydrogens (primary N) is 1. The Morgan fingerprint density at radius 1 is 1.47 bits per heavy atom. The summed E-state index contributed by atoms with van der Waals surface area (Å²) in [4.78, 5) is 0.478. The van der Waals surface area contributed by atoms with E-state index in [-0.39, 0.29) is 10.9 Å². The zero-order valence-electron chi connectivity index (χ0n) is 10.2. The number of nitrogens with one attached hydrogen (secondary N) is 1. The Labute approximate surface area is 135 Å². The van der Waals surface area contributed by atoms with Gasteiger partial charge < -0.3 is 5.73 Å². The van der Waals surface area contributed by atoms with Crippen LogP contribution < -0.4 is 10.5 Å². The molecule has 0 fully saturated rings. The normalized spacial score (nSPS) is 13.2. The fourth-order valence-electron chi connectivity index (χ4n) is 1.48. The van der Waals surface area contributed by atoms with Crippen molar-refractivity contribution in [1.29, 1.82) is 0 Å². The van der Waals surface area contributed by atoms with Gasteiger partial charge in [-0.3, -0.25) is 0 Å². The average molecular weight is 430 g/mol. The van der Waals surface area contributed by atoms with Crippen molar-refractivity contribution in [1.82, 2.24) is 4.72 Å². The number of benzene rings is 1. The molecular formula is C11H14Br2N2O2S2. The molecule has 1 aromatic rings. The van der Waals surface area contributed by atoms with Gasteiger partial charge in [0.15, 0.2) is 0 Å². The van der Waals surface area contributed by atoms with E-state index in [1.807, 2.05) is 6.92 Å². The van der Waals surface area contributed by atoms with Crippen LogP contribution in [-0.4, -0.2) is 19.4 Å². The van der Waals surface area contributed by atoms with Crippen LogP contribution in [0, 0.1) is 0 Å². The van der Waals surface area contributed by atoms with Gasteiger partial charge in [-0.15, -0.1) is 0 Å². The molecule has 1 atom stereocenters. The number of halogens is 2. The molecule has 1 unspecified atom stereocenters. The lowest BCUT2D eigenvalue weighted by atomic mass is 10.2. The minimum atomic E-state index is -3.61. The first-order valence-corrected chi connectivity index (χ1v) is 8.99. The van der Waals surface area contributed by atoms with E-state index in [0.717, 1.165) is 0 Å². The van der Waals surface area contributed by atoms with Crippen molar-refractivity contribution in [3.05, 3.63) is 27.1 Å². The largest absolute Gasteiger partial charge is 0.393 e. The third-order valence-electron chi connectivity index (χ3n) is 2.44. The van der Waals surface area contributed by atoms with Gasteiger partial charge in [0.2, 0.25) is 10.0 Å². The van der Waals surface area contributed by atoms with Crippen molar-refractivity contribution >= 4 is 59.1 Å². The molecule has 0 spiro atoms. The number of sulfonamides is 1. The third-order valence-corrected chi connectivity index (χ3v) is 5.62. The molecule has 0 saturated carbocycles. The van der Waals surface area contributed by atoms with E-state index >= 15 is 0 Å². The summed E-state index contributed by atoms with van der Waals surface area (Å²) in [5.41, 5.74) is 5.46. The number of hydrogen-bond acceptors (Lipinski definition) is 3. The van der Waals surface area contributed by atoms with Crippen molar-refractivity contribution in [2.75, 3.05) is 0 Å². The average Bonchev–Trinajstić information content (AvgIpc) is 2.30. The van der Waals surface area contributed by atoms with Gasteiger partial charge in [0.1, 0.15) is 0 Å².